The monoisotopic (exact) mass is 362 g/mol. The van der Waals surface area contributed by atoms with Crippen LogP contribution in [0.1, 0.15) is 67.9 Å². The highest BCUT2D eigenvalue weighted by atomic mass is 16.4. The Morgan fingerprint density at radius 3 is 2.38 bits per heavy atom. The van der Waals surface area contributed by atoms with Crippen LogP contribution in [0.15, 0.2) is 29.4 Å². The van der Waals surface area contributed by atoms with Crippen molar-refractivity contribution in [2.75, 3.05) is 6.61 Å². The number of rotatable bonds is 10. The highest BCUT2D eigenvalue weighted by Crippen LogP contribution is 2.35. The summed E-state index contributed by atoms with van der Waals surface area (Å²) in [6, 6.07) is 1.42. The van der Waals surface area contributed by atoms with Gasteiger partial charge in [-0.3, -0.25) is 0 Å². The molecule has 0 saturated heterocycles. The van der Waals surface area contributed by atoms with Crippen molar-refractivity contribution in [1.82, 2.24) is 0 Å². The molecule has 1 rings (SSSR count). The van der Waals surface area contributed by atoms with E-state index >= 15 is 0 Å². The molecule has 0 aliphatic carbocycles. The second kappa shape index (κ2) is 10.7. The number of phenolic OH excluding ortho intramolecular Hbond substituents is 1. The molecule has 5 heteroatoms. The molecular weight excluding hydrogens is 332 g/mol. The molecule has 5 nitrogen and oxygen atoms in total. The van der Waals surface area contributed by atoms with Crippen molar-refractivity contribution in [2.24, 2.45) is 0 Å². The molecule has 144 valence electrons. The van der Waals surface area contributed by atoms with Crippen molar-refractivity contribution in [3.05, 3.63) is 46.1 Å². The molecule has 0 aromatic heterocycles. The molecule has 4 N–H and O–H groups in total. The quantitative estimate of drug-likeness (QED) is 0.366. The minimum Gasteiger partial charge on any atom is -0.508 e. The molecule has 0 heterocycles. The van der Waals surface area contributed by atoms with Gasteiger partial charge in [0.05, 0.1) is 0 Å². The van der Waals surface area contributed by atoms with E-state index in [1.165, 1.54) is 11.6 Å². The third kappa shape index (κ3) is 6.56. The topological polar surface area (TPSA) is 98.0 Å². The van der Waals surface area contributed by atoms with Crippen molar-refractivity contribution in [2.45, 2.75) is 59.3 Å². The van der Waals surface area contributed by atoms with Gasteiger partial charge in [-0.05, 0) is 70.9 Å². The first-order chi connectivity index (χ1) is 12.3. The van der Waals surface area contributed by atoms with Gasteiger partial charge in [-0.15, -0.1) is 0 Å². The summed E-state index contributed by atoms with van der Waals surface area (Å²) in [7, 11) is 0. The number of hydrogen-bond donors (Lipinski definition) is 4. The van der Waals surface area contributed by atoms with Gasteiger partial charge in [0, 0.05) is 12.2 Å². The third-order valence-electron chi connectivity index (χ3n) is 4.28. The summed E-state index contributed by atoms with van der Waals surface area (Å²) < 4.78 is 0. The Balaban J connectivity index is 3.03. The molecule has 0 bridgehead atoms. The zero-order valence-electron chi connectivity index (χ0n) is 15.9. The lowest BCUT2D eigenvalue weighted by molar-refractivity contribution is 0.0692. The number of aromatic hydroxyl groups is 2. The Morgan fingerprint density at radius 2 is 1.81 bits per heavy atom. The van der Waals surface area contributed by atoms with Crippen LogP contribution in [0.5, 0.6) is 11.5 Å². The lowest BCUT2D eigenvalue weighted by Gasteiger charge is -2.14. The molecule has 0 amide bonds. The maximum absolute atomic E-state index is 11.6. The predicted molar refractivity (Wildman–Crippen MR) is 103 cm³/mol. The molecular formula is C21H30O5. The summed E-state index contributed by atoms with van der Waals surface area (Å²) in [5.74, 6) is -1.68. The van der Waals surface area contributed by atoms with E-state index in [4.69, 9.17) is 5.11 Å². The van der Waals surface area contributed by atoms with Crippen LogP contribution in [-0.2, 0) is 12.8 Å². The number of aliphatic hydroxyl groups is 1. The van der Waals surface area contributed by atoms with Gasteiger partial charge in [-0.1, -0.05) is 23.3 Å². The van der Waals surface area contributed by atoms with Crippen LogP contribution in [0.2, 0.25) is 0 Å². The van der Waals surface area contributed by atoms with Gasteiger partial charge in [-0.25, -0.2) is 4.79 Å². The van der Waals surface area contributed by atoms with Gasteiger partial charge in [0.1, 0.15) is 17.1 Å². The zero-order chi connectivity index (χ0) is 19.7. The van der Waals surface area contributed by atoms with Gasteiger partial charge < -0.3 is 20.4 Å². The van der Waals surface area contributed by atoms with Gasteiger partial charge >= 0.3 is 5.97 Å². The Hall–Kier alpha value is -2.27. The summed E-state index contributed by atoms with van der Waals surface area (Å²) >= 11 is 0. The van der Waals surface area contributed by atoms with Crippen LogP contribution in [-0.4, -0.2) is 33.0 Å². The number of aliphatic hydroxyl groups excluding tert-OH is 1. The number of benzene rings is 1. The molecule has 1 aromatic carbocycles. The number of aromatic carboxylic acids is 1. The Morgan fingerprint density at radius 1 is 1.12 bits per heavy atom. The summed E-state index contributed by atoms with van der Waals surface area (Å²) in [6.07, 6.45) is 7.62. The summed E-state index contributed by atoms with van der Waals surface area (Å²) in [5.41, 5.74) is 2.83. The van der Waals surface area contributed by atoms with E-state index in [0.717, 1.165) is 18.4 Å². The fraction of sp³-hybridized carbons (Fsp3) is 0.476. The van der Waals surface area contributed by atoms with E-state index in [1.54, 1.807) is 0 Å². The normalized spacial score (nSPS) is 11.5. The SMILES string of the molecule is CC(C)=CCC/C(C)=C/Cc1c(O)cc(CCCCO)c(C(=O)O)c1O. The van der Waals surface area contributed by atoms with Gasteiger partial charge in [-0.2, -0.15) is 0 Å². The molecule has 0 saturated carbocycles. The number of carboxylic acid groups (broad SMARTS) is 1. The smallest absolute Gasteiger partial charge is 0.339 e. The first kappa shape index (κ1) is 21.8. The Kier molecular flexibility index (Phi) is 8.93. The minimum absolute atomic E-state index is 0.0231. The van der Waals surface area contributed by atoms with Crippen LogP contribution in [0.3, 0.4) is 0 Å². The standard InChI is InChI=1S/C21H30O5/c1-14(2)7-6-8-15(3)10-11-17-18(23)13-16(9-4-5-12-22)19(20(17)24)21(25)26/h7,10,13,22-24H,4-6,8-9,11-12H2,1-3H3,(H,25,26)/b15-10+. The predicted octanol–water partition coefficient (Wildman–Crippen LogP) is 4.35. The van der Waals surface area contributed by atoms with Crippen molar-refractivity contribution < 1.29 is 25.2 Å². The van der Waals surface area contributed by atoms with Crippen LogP contribution in [0, 0.1) is 0 Å². The minimum atomic E-state index is -1.22. The van der Waals surface area contributed by atoms with Crippen LogP contribution in [0.4, 0.5) is 0 Å². The summed E-state index contributed by atoms with van der Waals surface area (Å²) in [5, 5.41) is 39.0. The zero-order valence-corrected chi connectivity index (χ0v) is 15.9. The number of hydrogen-bond acceptors (Lipinski definition) is 4. The number of carbonyl (C=O) groups is 1. The van der Waals surface area contributed by atoms with Crippen molar-refractivity contribution >= 4 is 5.97 Å². The molecule has 0 aliphatic rings. The van der Waals surface area contributed by atoms with Gasteiger partial charge in [0.15, 0.2) is 0 Å². The van der Waals surface area contributed by atoms with Crippen LogP contribution in [0.25, 0.3) is 0 Å². The second-order valence-electron chi connectivity index (χ2n) is 6.82. The molecule has 1 aromatic rings. The van der Waals surface area contributed by atoms with E-state index in [0.29, 0.717) is 24.8 Å². The molecule has 0 atom stereocenters. The first-order valence-electron chi connectivity index (χ1n) is 8.97. The fourth-order valence-corrected chi connectivity index (χ4v) is 2.78. The summed E-state index contributed by atoms with van der Waals surface area (Å²) in [6.45, 7) is 6.10. The molecule has 26 heavy (non-hydrogen) atoms. The number of phenols is 2. The molecule has 0 aliphatic heterocycles. The fourth-order valence-electron chi connectivity index (χ4n) is 2.78. The van der Waals surface area contributed by atoms with Crippen molar-refractivity contribution in [3.8, 4) is 11.5 Å². The lowest BCUT2D eigenvalue weighted by Crippen LogP contribution is -2.06. The van der Waals surface area contributed by atoms with Crippen molar-refractivity contribution in [3.63, 3.8) is 0 Å². The van der Waals surface area contributed by atoms with E-state index in [9.17, 15) is 20.1 Å². The van der Waals surface area contributed by atoms with Gasteiger partial charge in [0.25, 0.3) is 0 Å². The highest BCUT2D eigenvalue weighted by molar-refractivity contribution is 5.93. The summed E-state index contributed by atoms with van der Waals surface area (Å²) in [4.78, 5) is 11.6. The van der Waals surface area contributed by atoms with E-state index in [2.05, 4.69) is 6.08 Å². The molecule has 0 fully saturated rings. The Labute approximate surface area is 155 Å². The van der Waals surface area contributed by atoms with E-state index in [1.807, 2.05) is 26.8 Å². The van der Waals surface area contributed by atoms with Crippen LogP contribution < -0.4 is 0 Å². The van der Waals surface area contributed by atoms with E-state index in [-0.39, 0.29) is 35.7 Å². The molecule has 0 radical (unpaired) electrons. The van der Waals surface area contributed by atoms with Gasteiger partial charge in [0.2, 0.25) is 0 Å². The molecule has 0 spiro atoms. The maximum atomic E-state index is 11.6. The van der Waals surface area contributed by atoms with Crippen molar-refractivity contribution in [1.29, 1.82) is 0 Å². The molecule has 0 unspecified atom stereocenters. The number of unbranched alkanes of at least 4 members (excludes halogenated alkanes) is 1. The Bertz CT molecular complexity index is 682. The average Bonchev–Trinajstić information content (AvgIpc) is 2.53. The van der Waals surface area contributed by atoms with E-state index < -0.39 is 5.97 Å². The number of aryl methyl sites for hydroxylation is 1. The lowest BCUT2D eigenvalue weighted by atomic mass is 9.95. The third-order valence-corrected chi connectivity index (χ3v) is 4.28. The van der Waals surface area contributed by atoms with Crippen LogP contribution >= 0.6 is 0 Å². The number of carboxylic acids is 1. The highest BCUT2D eigenvalue weighted by Gasteiger charge is 2.21. The average molecular weight is 362 g/mol. The largest absolute Gasteiger partial charge is 0.508 e. The first-order valence-corrected chi connectivity index (χ1v) is 8.97. The second-order valence-corrected chi connectivity index (χ2v) is 6.82. The number of allylic oxidation sites excluding steroid dienone is 4. The maximum Gasteiger partial charge on any atom is 0.339 e.